The Hall–Kier alpha value is -3.62. The van der Waals surface area contributed by atoms with Gasteiger partial charge in [0.1, 0.15) is 0 Å². The molecule has 0 aliphatic heterocycles. The van der Waals surface area contributed by atoms with Gasteiger partial charge in [0.15, 0.2) is 11.5 Å². The lowest BCUT2D eigenvalue weighted by Gasteiger charge is -2.19. The Balaban J connectivity index is 1.47. The van der Waals surface area contributed by atoms with Gasteiger partial charge in [-0.15, -0.1) is 0 Å². The smallest absolute Gasteiger partial charge is 0.277 e. The third kappa shape index (κ3) is 4.51. The first kappa shape index (κ1) is 21.6. The molecule has 0 atom stereocenters. The van der Waals surface area contributed by atoms with Gasteiger partial charge in [0.2, 0.25) is 0 Å². The van der Waals surface area contributed by atoms with Gasteiger partial charge in [-0.3, -0.25) is 9.10 Å². The molecule has 1 amide bonds. The Bertz CT molecular complexity index is 1340. The fourth-order valence-electron chi connectivity index (χ4n) is 2.97. The number of sulfonamides is 1. The van der Waals surface area contributed by atoms with E-state index in [1.165, 1.54) is 41.7 Å². The van der Waals surface area contributed by atoms with Crippen LogP contribution in [0, 0.1) is 0 Å². The number of halogens is 1. The molecule has 0 aliphatic rings. The van der Waals surface area contributed by atoms with Crippen LogP contribution in [0.15, 0.2) is 94.3 Å². The third-order valence-corrected chi connectivity index (χ3v) is 6.81. The lowest BCUT2D eigenvalue weighted by atomic mass is 10.1. The molecule has 1 N–H and O–H groups in total. The van der Waals surface area contributed by atoms with Gasteiger partial charge in [0.25, 0.3) is 15.9 Å². The van der Waals surface area contributed by atoms with E-state index in [-0.39, 0.29) is 10.6 Å². The molecule has 1 aromatic heterocycles. The minimum Gasteiger partial charge on any atom is -0.355 e. The first-order chi connectivity index (χ1) is 15.3. The first-order valence-corrected chi connectivity index (χ1v) is 11.3. The van der Waals surface area contributed by atoms with Crippen molar-refractivity contribution in [3.63, 3.8) is 0 Å². The zero-order chi connectivity index (χ0) is 22.7. The van der Waals surface area contributed by atoms with Gasteiger partial charge >= 0.3 is 0 Å². The number of hydrogen-bond donors (Lipinski definition) is 1. The molecule has 162 valence electrons. The number of amides is 1. The van der Waals surface area contributed by atoms with Gasteiger partial charge in [-0.05, 0) is 60.7 Å². The minimum absolute atomic E-state index is 0.0930. The van der Waals surface area contributed by atoms with E-state index in [0.717, 1.165) is 5.56 Å². The molecule has 0 spiro atoms. The molecular formula is C23H18ClN3O4S. The molecule has 4 aromatic rings. The highest BCUT2D eigenvalue weighted by Crippen LogP contribution is 2.24. The number of nitrogens with zero attached hydrogens (tertiary/aromatic N) is 2. The van der Waals surface area contributed by atoms with Crippen molar-refractivity contribution in [3.8, 4) is 11.3 Å². The average molecular weight is 468 g/mol. The first-order valence-electron chi connectivity index (χ1n) is 9.53. The van der Waals surface area contributed by atoms with Gasteiger partial charge < -0.3 is 9.84 Å². The van der Waals surface area contributed by atoms with E-state index in [1.807, 2.05) is 6.07 Å². The van der Waals surface area contributed by atoms with E-state index in [2.05, 4.69) is 10.5 Å². The molecule has 1 heterocycles. The monoisotopic (exact) mass is 467 g/mol. The molecule has 0 fully saturated rings. The van der Waals surface area contributed by atoms with Crippen LogP contribution in [-0.4, -0.2) is 26.5 Å². The van der Waals surface area contributed by atoms with Crippen molar-refractivity contribution in [1.82, 2.24) is 5.16 Å². The maximum atomic E-state index is 12.9. The van der Waals surface area contributed by atoms with Crippen LogP contribution in [0.5, 0.6) is 0 Å². The van der Waals surface area contributed by atoms with Gasteiger partial charge in [-0.2, -0.15) is 0 Å². The molecule has 0 saturated heterocycles. The second-order valence-electron chi connectivity index (χ2n) is 6.87. The summed E-state index contributed by atoms with van der Waals surface area (Å²) in [4.78, 5) is 12.6. The molecule has 32 heavy (non-hydrogen) atoms. The molecule has 0 unspecified atom stereocenters. The summed E-state index contributed by atoms with van der Waals surface area (Å²) in [6, 6.07) is 23.1. The molecule has 0 bridgehead atoms. The largest absolute Gasteiger partial charge is 0.355 e. The van der Waals surface area contributed by atoms with E-state index in [0.29, 0.717) is 22.2 Å². The van der Waals surface area contributed by atoms with Crippen LogP contribution in [0.3, 0.4) is 0 Å². The van der Waals surface area contributed by atoms with Gasteiger partial charge in [-0.25, -0.2) is 8.42 Å². The number of benzene rings is 3. The van der Waals surface area contributed by atoms with Crippen LogP contribution in [-0.2, 0) is 10.0 Å². The average Bonchev–Trinajstić information content (AvgIpc) is 3.30. The Morgan fingerprint density at radius 1 is 0.969 bits per heavy atom. The Morgan fingerprint density at radius 3 is 2.28 bits per heavy atom. The molecule has 0 radical (unpaired) electrons. The van der Waals surface area contributed by atoms with Crippen LogP contribution in [0.1, 0.15) is 10.5 Å². The number of aromatic nitrogens is 1. The number of anilines is 2. The van der Waals surface area contributed by atoms with Gasteiger partial charge in [-0.1, -0.05) is 35.0 Å². The second kappa shape index (κ2) is 8.86. The summed E-state index contributed by atoms with van der Waals surface area (Å²) in [6.45, 7) is 0. The van der Waals surface area contributed by atoms with Crippen LogP contribution in [0.25, 0.3) is 11.3 Å². The van der Waals surface area contributed by atoms with Gasteiger partial charge in [0.05, 0.1) is 10.6 Å². The standard InChI is InChI=1S/C23H18ClN3O4S/c1-27(19-5-3-2-4-6-19)32(29,30)20-13-11-18(12-14-20)25-23(28)21-15-22(31-26-21)16-7-9-17(24)10-8-16/h2-15H,1H3,(H,25,28). The fourth-order valence-corrected chi connectivity index (χ4v) is 4.29. The highest BCUT2D eigenvalue weighted by atomic mass is 35.5. The number of carbonyl (C=O) groups excluding carboxylic acids is 1. The van der Waals surface area contributed by atoms with Gasteiger partial charge in [0, 0.05) is 29.4 Å². The van der Waals surface area contributed by atoms with Crippen LogP contribution in [0.2, 0.25) is 5.02 Å². The van der Waals surface area contributed by atoms with Crippen LogP contribution in [0.4, 0.5) is 11.4 Å². The molecule has 9 heteroatoms. The minimum atomic E-state index is -3.74. The summed E-state index contributed by atoms with van der Waals surface area (Å²) >= 11 is 5.88. The number of hydrogen-bond acceptors (Lipinski definition) is 5. The summed E-state index contributed by atoms with van der Waals surface area (Å²) in [6.07, 6.45) is 0. The molecule has 0 saturated carbocycles. The molecule has 0 aliphatic carbocycles. The molecule has 7 nitrogen and oxygen atoms in total. The Labute approximate surface area is 190 Å². The maximum absolute atomic E-state index is 12.9. The zero-order valence-electron chi connectivity index (χ0n) is 16.9. The highest BCUT2D eigenvalue weighted by Gasteiger charge is 2.21. The van der Waals surface area contributed by atoms with Crippen molar-refractivity contribution >= 4 is 38.9 Å². The Morgan fingerprint density at radius 2 is 1.62 bits per heavy atom. The number of para-hydroxylation sites is 1. The fraction of sp³-hybridized carbons (Fsp3) is 0.0435. The van der Waals surface area contributed by atoms with Crippen molar-refractivity contribution in [3.05, 3.63) is 95.6 Å². The van der Waals surface area contributed by atoms with Crippen molar-refractivity contribution in [2.24, 2.45) is 0 Å². The number of rotatable bonds is 6. The predicted octanol–water partition coefficient (Wildman–Crippen LogP) is 5.07. The maximum Gasteiger partial charge on any atom is 0.277 e. The summed E-state index contributed by atoms with van der Waals surface area (Å²) in [7, 11) is -2.25. The molecule has 3 aromatic carbocycles. The highest BCUT2D eigenvalue weighted by molar-refractivity contribution is 7.92. The van der Waals surface area contributed by atoms with E-state index in [4.69, 9.17) is 16.1 Å². The SMILES string of the molecule is CN(c1ccccc1)S(=O)(=O)c1ccc(NC(=O)c2cc(-c3ccc(Cl)cc3)on2)cc1. The van der Waals surface area contributed by atoms with E-state index in [1.54, 1.807) is 48.5 Å². The number of nitrogens with one attached hydrogen (secondary N) is 1. The molecule has 4 rings (SSSR count). The summed E-state index contributed by atoms with van der Waals surface area (Å²) in [5.74, 6) is -0.0526. The normalized spacial score (nSPS) is 11.2. The summed E-state index contributed by atoms with van der Waals surface area (Å²) in [5, 5.41) is 7.07. The third-order valence-electron chi connectivity index (χ3n) is 4.76. The number of carbonyl (C=O) groups is 1. The van der Waals surface area contributed by atoms with Crippen LogP contribution < -0.4 is 9.62 Å². The van der Waals surface area contributed by atoms with Crippen molar-refractivity contribution < 1.29 is 17.7 Å². The van der Waals surface area contributed by atoms with E-state index < -0.39 is 15.9 Å². The quantitative estimate of drug-likeness (QED) is 0.427. The van der Waals surface area contributed by atoms with Crippen molar-refractivity contribution in [2.75, 3.05) is 16.7 Å². The summed E-state index contributed by atoms with van der Waals surface area (Å²) in [5.41, 5.74) is 1.80. The second-order valence-corrected chi connectivity index (χ2v) is 9.28. The zero-order valence-corrected chi connectivity index (χ0v) is 18.5. The van der Waals surface area contributed by atoms with E-state index in [9.17, 15) is 13.2 Å². The predicted molar refractivity (Wildman–Crippen MR) is 123 cm³/mol. The molecular weight excluding hydrogens is 450 g/mol. The lowest BCUT2D eigenvalue weighted by Crippen LogP contribution is -2.26. The summed E-state index contributed by atoms with van der Waals surface area (Å²) < 4.78 is 32.2. The van der Waals surface area contributed by atoms with Crippen molar-refractivity contribution in [1.29, 1.82) is 0 Å². The topological polar surface area (TPSA) is 92.5 Å². The van der Waals surface area contributed by atoms with Crippen LogP contribution >= 0.6 is 11.6 Å². The van der Waals surface area contributed by atoms with Crippen molar-refractivity contribution in [2.45, 2.75) is 4.90 Å². The lowest BCUT2D eigenvalue weighted by molar-refractivity contribution is 0.101. The Kier molecular flexibility index (Phi) is 5.98. The van der Waals surface area contributed by atoms with E-state index >= 15 is 0 Å².